The van der Waals surface area contributed by atoms with Crippen LogP contribution < -0.4 is 5.32 Å². The average molecular weight is 244 g/mol. The molecule has 0 saturated heterocycles. The normalized spacial score (nSPS) is 18.7. The average Bonchev–Trinajstić information content (AvgIpc) is 2.90. The van der Waals surface area contributed by atoms with Gasteiger partial charge in [-0.05, 0) is 53.5 Å². The Bertz CT molecular complexity index is 334. The highest BCUT2D eigenvalue weighted by molar-refractivity contribution is 9.10. The predicted molar refractivity (Wildman–Crippen MR) is 54.1 cm³/mol. The van der Waals surface area contributed by atoms with Gasteiger partial charge in [-0.3, -0.25) is 0 Å². The van der Waals surface area contributed by atoms with E-state index < -0.39 is 0 Å². The van der Waals surface area contributed by atoms with E-state index in [4.69, 9.17) is 0 Å². The molecule has 1 aromatic carbocycles. The zero-order valence-electron chi connectivity index (χ0n) is 7.40. The van der Waals surface area contributed by atoms with Gasteiger partial charge in [-0.15, -0.1) is 0 Å². The predicted octanol–water partition coefficient (Wildman–Crippen LogP) is 2.80. The van der Waals surface area contributed by atoms with Crippen molar-refractivity contribution in [3.63, 3.8) is 0 Å². The van der Waals surface area contributed by atoms with Gasteiger partial charge in [-0.2, -0.15) is 0 Å². The Kier molecular flexibility index (Phi) is 2.16. The molecule has 3 heteroatoms. The lowest BCUT2D eigenvalue weighted by atomic mass is 10.1. The number of hydrogen-bond acceptors (Lipinski definition) is 1. The molecule has 0 atom stereocenters. The van der Waals surface area contributed by atoms with Gasteiger partial charge in [0.2, 0.25) is 0 Å². The lowest BCUT2D eigenvalue weighted by Gasteiger charge is -2.14. The Labute approximate surface area is 85.5 Å². The molecule has 1 aliphatic rings. The highest BCUT2D eigenvalue weighted by Crippen LogP contribution is 2.45. The van der Waals surface area contributed by atoms with Crippen molar-refractivity contribution in [2.24, 2.45) is 0 Å². The summed E-state index contributed by atoms with van der Waals surface area (Å²) in [4.78, 5) is 0. The third kappa shape index (κ3) is 1.51. The second-order valence-corrected chi connectivity index (χ2v) is 4.32. The third-order valence-electron chi connectivity index (χ3n) is 2.70. The molecule has 1 saturated carbocycles. The van der Waals surface area contributed by atoms with Crippen LogP contribution in [0.4, 0.5) is 4.39 Å². The molecule has 0 radical (unpaired) electrons. The van der Waals surface area contributed by atoms with Gasteiger partial charge in [0.15, 0.2) is 0 Å². The molecule has 0 heterocycles. The summed E-state index contributed by atoms with van der Waals surface area (Å²) >= 11 is 3.19. The van der Waals surface area contributed by atoms with E-state index in [1.807, 2.05) is 19.2 Å². The zero-order valence-corrected chi connectivity index (χ0v) is 8.99. The Morgan fingerprint density at radius 2 is 2.15 bits per heavy atom. The van der Waals surface area contributed by atoms with Gasteiger partial charge < -0.3 is 5.32 Å². The quantitative estimate of drug-likeness (QED) is 0.843. The number of hydrogen-bond donors (Lipinski definition) is 1. The van der Waals surface area contributed by atoms with Gasteiger partial charge in [0, 0.05) is 5.54 Å². The second kappa shape index (κ2) is 3.07. The fourth-order valence-electron chi connectivity index (χ4n) is 1.60. The van der Waals surface area contributed by atoms with Gasteiger partial charge in [-0.25, -0.2) is 4.39 Å². The molecule has 0 aromatic heterocycles. The summed E-state index contributed by atoms with van der Waals surface area (Å²) in [6.07, 6.45) is 2.28. The fourth-order valence-corrected chi connectivity index (χ4v) is 1.98. The topological polar surface area (TPSA) is 12.0 Å². The van der Waals surface area contributed by atoms with Gasteiger partial charge in [0.05, 0.1) is 4.47 Å². The first-order valence-corrected chi connectivity index (χ1v) is 5.12. The standard InChI is InChI=1S/C10H11BrFN/c1-13-10(4-5-10)7-2-3-9(12)8(11)6-7/h2-3,6,13H,4-5H2,1H3. The minimum absolute atomic E-state index is 0.121. The molecule has 0 spiro atoms. The van der Waals surface area contributed by atoms with E-state index in [9.17, 15) is 4.39 Å². The van der Waals surface area contributed by atoms with Crippen molar-refractivity contribution in [1.82, 2.24) is 5.32 Å². The maximum Gasteiger partial charge on any atom is 0.137 e. The summed E-state index contributed by atoms with van der Waals surface area (Å²) in [6.45, 7) is 0. The summed E-state index contributed by atoms with van der Waals surface area (Å²) in [7, 11) is 1.95. The molecular weight excluding hydrogens is 233 g/mol. The van der Waals surface area contributed by atoms with E-state index in [-0.39, 0.29) is 11.4 Å². The first kappa shape index (κ1) is 9.16. The highest BCUT2D eigenvalue weighted by atomic mass is 79.9. The van der Waals surface area contributed by atoms with Crippen molar-refractivity contribution in [2.45, 2.75) is 18.4 Å². The lowest BCUT2D eigenvalue weighted by molar-refractivity contribution is 0.578. The summed E-state index contributed by atoms with van der Waals surface area (Å²) in [5.41, 5.74) is 1.29. The van der Waals surface area contributed by atoms with E-state index in [0.717, 1.165) is 12.8 Å². The van der Waals surface area contributed by atoms with Crippen LogP contribution in [-0.4, -0.2) is 7.05 Å². The van der Waals surface area contributed by atoms with Gasteiger partial charge in [-0.1, -0.05) is 6.07 Å². The molecule has 2 rings (SSSR count). The molecule has 1 fully saturated rings. The van der Waals surface area contributed by atoms with Crippen LogP contribution in [0.1, 0.15) is 18.4 Å². The number of rotatable bonds is 2. The second-order valence-electron chi connectivity index (χ2n) is 3.46. The fraction of sp³-hybridized carbons (Fsp3) is 0.400. The van der Waals surface area contributed by atoms with E-state index >= 15 is 0 Å². The van der Waals surface area contributed by atoms with E-state index in [0.29, 0.717) is 4.47 Å². The van der Waals surface area contributed by atoms with Crippen LogP contribution in [0, 0.1) is 5.82 Å². The SMILES string of the molecule is CNC1(c2ccc(F)c(Br)c2)CC1. The number of nitrogens with one attached hydrogen (secondary N) is 1. The molecule has 1 aliphatic carbocycles. The smallest absolute Gasteiger partial charge is 0.137 e. The summed E-state index contributed by atoms with van der Waals surface area (Å²) in [6, 6.07) is 5.22. The molecule has 0 aliphatic heterocycles. The van der Waals surface area contributed by atoms with Gasteiger partial charge in [0.1, 0.15) is 5.82 Å². The molecular formula is C10H11BrFN. The van der Waals surface area contributed by atoms with Crippen LogP contribution >= 0.6 is 15.9 Å². The van der Waals surface area contributed by atoms with Crippen LogP contribution in [0.25, 0.3) is 0 Å². The largest absolute Gasteiger partial charge is 0.310 e. The highest BCUT2D eigenvalue weighted by Gasteiger charge is 2.42. The van der Waals surface area contributed by atoms with Crippen LogP contribution in [0.15, 0.2) is 22.7 Å². The van der Waals surface area contributed by atoms with Crippen molar-refractivity contribution in [1.29, 1.82) is 0 Å². The molecule has 0 amide bonds. The molecule has 0 bridgehead atoms. The van der Waals surface area contributed by atoms with Crippen molar-refractivity contribution in [3.8, 4) is 0 Å². The van der Waals surface area contributed by atoms with Crippen LogP contribution in [-0.2, 0) is 5.54 Å². The third-order valence-corrected chi connectivity index (χ3v) is 3.31. The van der Waals surface area contributed by atoms with Crippen molar-refractivity contribution in [2.75, 3.05) is 7.05 Å². The van der Waals surface area contributed by atoms with Crippen molar-refractivity contribution < 1.29 is 4.39 Å². The minimum atomic E-state index is -0.198. The Balaban J connectivity index is 2.37. The molecule has 0 unspecified atom stereocenters. The lowest BCUT2D eigenvalue weighted by Crippen LogP contribution is -2.24. The van der Waals surface area contributed by atoms with Crippen LogP contribution in [0.2, 0.25) is 0 Å². The van der Waals surface area contributed by atoms with Gasteiger partial charge in [0.25, 0.3) is 0 Å². The molecule has 13 heavy (non-hydrogen) atoms. The molecule has 1 N–H and O–H groups in total. The molecule has 70 valence electrons. The summed E-state index contributed by atoms with van der Waals surface area (Å²) < 4.78 is 13.5. The maximum absolute atomic E-state index is 12.9. The monoisotopic (exact) mass is 243 g/mol. The Morgan fingerprint density at radius 3 is 2.62 bits per heavy atom. The maximum atomic E-state index is 12.9. The van der Waals surface area contributed by atoms with E-state index in [1.54, 1.807) is 0 Å². The summed E-state index contributed by atoms with van der Waals surface area (Å²) in [5.74, 6) is -0.198. The van der Waals surface area contributed by atoms with Crippen LogP contribution in [0.3, 0.4) is 0 Å². The van der Waals surface area contributed by atoms with Crippen molar-refractivity contribution >= 4 is 15.9 Å². The summed E-state index contributed by atoms with van der Waals surface area (Å²) in [5, 5.41) is 3.27. The molecule has 1 nitrogen and oxygen atoms in total. The first-order chi connectivity index (χ1) is 6.18. The number of halogens is 2. The Hall–Kier alpha value is -0.410. The minimum Gasteiger partial charge on any atom is -0.310 e. The Morgan fingerprint density at radius 1 is 1.46 bits per heavy atom. The van der Waals surface area contributed by atoms with E-state index in [1.165, 1.54) is 11.6 Å². The van der Waals surface area contributed by atoms with Crippen LogP contribution in [0.5, 0.6) is 0 Å². The van der Waals surface area contributed by atoms with Crippen molar-refractivity contribution in [3.05, 3.63) is 34.1 Å². The first-order valence-electron chi connectivity index (χ1n) is 4.32. The van der Waals surface area contributed by atoms with Gasteiger partial charge >= 0.3 is 0 Å². The molecule has 1 aromatic rings. The number of benzene rings is 1. The van der Waals surface area contributed by atoms with E-state index in [2.05, 4.69) is 21.2 Å². The zero-order chi connectivity index (χ0) is 9.47.